The third kappa shape index (κ3) is 1.71. The van der Waals surface area contributed by atoms with Crippen LogP contribution in [0.2, 0.25) is 0 Å². The summed E-state index contributed by atoms with van der Waals surface area (Å²) in [5.74, 6) is -1.67. The molecule has 82 valence electrons. The number of halogens is 2. The fourth-order valence-corrected chi connectivity index (χ4v) is 1.72. The number of aromatic carboxylic acids is 1. The minimum Gasteiger partial charge on any atom is -0.478 e. The molecule has 0 aliphatic carbocycles. The third-order valence-corrected chi connectivity index (χ3v) is 2.70. The van der Waals surface area contributed by atoms with Crippen molar-refractivity contribution in [3.63, 3.8) is 0 Å². The molecule has 0 radical (unpaired) electrons. The van der Waals surface area contributed by atoms with Crippen molar-refractivity contribution in [2.75, 3.05) is 0 Å². The molecule has 0 spiro atoms. The number of carbonyl (C=O) groups is 1. The summed E-state index contributed by atoms with van der Waals surface area (Å²) in [6, 6.07) is 4.64. The molecule has 2 N–H and O–H groups in total. The maximum atomic E-state index is 13.7. The van der Waals surface area contributed by atoms with E-state index in [0.29, 0.717) is 0 Å². The molecule has 2 rings (SSSR count). The van der Waals surface area contributed by atoms with E-state index < -0.39 is 11.8 Å². The highest BCUT2D eigenvalue weighted by Gasteiger charge is 2.17. The van der Waals surface area contributed by atoms with Gasteiger partial charge in [0.2, 0.25) is 0 Å². The van der Waals surface area contributed by atoms with Crippen LogP contribution in [0.4, 0.5) is 4.39 Å². The Hall–Kier alpha value is -1.69. The van der Waals surface area contributed by atoms with Crippen LogP contribution in [-0.4, -0.2) is 21.3 Å². The van der Waals surface area contributed by atoms with E-state index in [1.807, 2.05) is 0 Å². The summed E-state index contributed by atoms with van der Waals surface area (Å²) in [5.41, 5.74) is 0.271. The van der Waals surface area contributed by atoms with Gasteiger partial charge >= 0.3 is 5.97 Å². The number of H-pyrrole nitrogens is 1. The van der Waals surface area contributed by atoms with Crippen LogP contribution in [0.3, 0.4) is 0 Å². The van der Waals surface area contributed by atoms with Crippen LogP contribution in [0.25, 0.3) is 11.3 Å². The second-order valence-corrected chi connectivity index (χ2v) is 3.92. The maximum absolute atomic E-state index is 13.7. The van der Waals surface area contributed by atoms with E-state index in [4.69, 9.17) is 5.11 Å². The number of rotatable bonds is 2. The lowest BCUT2D eigenvalue weighted by molar-refractivity contribution is 0.0698. The average Bonchev–Trinajstić information content (AvgIpc) is 2.70. The van der Waals surface area contributed by atoms with Gasteiger partial charge in [-0.15, -0.1) is 0 Å². The Labute approximate surface area is 98.2 Å². The smallest absolute Gasteiger partial charge is 0.339 e. The predicted molar refractivity (Wildman–Crippen MR) is 58.6 cm³/mol. The van der Waals surface area contributed by atoms with Gasteiger partial charge in [-0.2, -0.15) is 5.10 Å². The molecule has 0 saturated carbocycles. The highest BCUT2D eigenvalue weighted by Crippen LogP contribution is 2.28. The molecule has 6 heteroatoms. The van der Waals surface area contributed by atoms with E-state index in [2.05, 4.69) is 26.1 Å². The molecule has 0 amide bonds. The molecule has 0 unspecified atom stereocenters. The summed E-state index contributed by atoms with van der Waals surface area (Å²) in [4.78, 5) is 10.9. The van der Waals surface area contributed by atoms with Gasteiger partial charge in [0.05, 0.1) is 16.4 Å². The Morgan fingerprint density at radius 2 is 2.25 bits per heavy atom. The van der Waals surface area contributed by atoms with Crippen molar-refractivity contribution in [1.29, 1.82) is 0 Å². The lowest BCUT2D eigenvalue weighted by Crippen LogP contribution is -1.98. The van der Waals surface area contributed by atoms with E-state index in [9.17, 15) is 9.18 Å². The second-order valence-electron chi connectivity index (χ2n) is 3.07. The molecule has 0 fully saturated rings. The largest absolute Gasteiger partial charge is 0.478 e. The van der Waals surface area contributed by atoms with Crippen molar-refractivity contribution in [3.8, 4) is 11.3 Å². The van der Waals surface area contributed by atoms with Crippen LogP contribution < -0.4 is 0 Å². The van der Waals surface area contributed by atoms with Gasteiger partial charge in [0, 0.05) is 5.56 Å². The number of benzene rings is 1. The van der Waals surface area contributed by atoms with Gasteiger partial charge in [-0.05, 0) is 28.1 Å². The van der Waals surface area contributed by atoms with Crippen LogP contribution in [-0.2, 0) is 0 Å². The fraction of sp³-hybridized carbons (Fsp3) is 0. The number of aromatic nitrogens is 2. The van der Waals surface area contributed by atoms with E-state index >= 15 is 0 Å². The van der Waals surface area contributed by atoms with E-state index in [0.717, 1.165) is 6.20 Å². The Morgan fingerprint density at radius 1 is 1.50 bits per heavy atom. The van der Waals surface area contributed by atoms with Crippen LogP contribution in [0.15, 0.2) is 28.9 Å². The highest BCUT2D eigenvalue weighted by atomic mass is 79.9. The normalized spacial score (nSPS) is 10.4. The number of hydrogen-bond donors (Lipinski definition) is 2. The lowest BCUT2D eigenvalue weighted by atomic mass is 10.1. The number of aromatic amines is 1. The van der Waals surface area contributed by atoms with Crippen molar-refractivity contribution in [1.82, 2.24) is 10.2 Å². The number of carboxylic acid groups (broad SMARTS) is 1. The van der Waals surface area contributed by atoms with Gasteiger partial charge in [-0.1, -0.05) is 6.07 Å². The first-order valence-electron chi connectivity index (χ1n) is 4.32. The van der Waals surface area contributed by atoms with Crippen LogP contribution in [0, 0.1) is 5.82 Å². The van der Waals surface area contributed by atoms with Gasteiger partial charge in [-0.25, -0.2) is 9.18 Å². The van der Waals surface area contributed by atoms with Crippen molar-refractivity contribution in [2.45, 2.75) is 0 Å². The zero-order valence-electron chi connectivity index (χ0n) is 7.87. The molecule has 2 aromatic rings. The Balaban J connectivity index is 2.63. The molecule has 4 nitrogen and oxygen atoms in total. The third-order valence-electron chi connectivity index (χ3n) is 2.09. The number of hydrogen-bond acceptors (Lipinski definition) is 2. The lowest BCUT2D eigenvalue weighted by Gasteiger charge is -2.03. The van der Waals surface area contributed by atoms with E-state index in [-0.39, 0.29) is 21.3 Å². The molecule has 0 aliphatic rings. The van der Waals surface area contributed by atoms with Crippen molar-refractivity contribution in [2.24, 2.45) is 0 Å². The first-order valence-corrected chi connectivity index (χ1v) is 5.11. The summed E-state index contributed by atoms with van der Waals surface area (Å²) >= 11 is 3.04. The van der Waals surface area contributed by atoms with E-state index in [1.54, 1.807) is 6.07 Å². The van der Waals surface area contributed by atoms with Gasteiger partial charge in [0.1, 0.15) is 11.4 Å². The zero-order valence-corrected chi connectivity index (χ0v) is 9.45. The van der Waals surface area contributed by atoms with Crippen molar-refractivity contribution >= 4 is 21.9 Å². The minimum atomic E-state index is -1.15. The van der Waals surface area contributed by atoms with E-state index in [1.165, 1.54) is 12.1 Å². The molecular formula is C10H6BrFN2O2. The molecular weight excluding hydrogens is 279 g/mol. The zero-order chi connectivity index (χ0) is 11.7. The molecule has 0 aliphatic heterocycles. The summed E-state index contributed by atoms with van der Waals surface area (Å²) in [7, 11) is 0. The van der Waals surface area contributed by atoms with Crippen LogP contribution in [0.1, 0.15) is 10.4 Å². The topological polar surface area (TPSA) is 66.0 Å². The molecule has 16 heavy (non-hydrogen) atoms. The Bertz CT molecular complexity index is 554. The Kier molecular flexibility index (Phi) is 2.74. The Morgan fingerprint density at radius 3 is 2.94 bits per heavy atom. The fourth-order valence-electron chi connectivity index (χ4n) is 1.35. The van der Waals surface area contributed by atoms with Gasteiger partial charge < -0.3 is 5.11 Å². The monoisotopic (exact) mass is 284 g/mol. The molecule has 0 bridgehead atoms. The highest BCUT2D eigenvalue weighted by molar-refractivity contribution is 9.10. The van der Waals surface area contributed by atoms with Crippen molar-refractivity contribution < 1.29 is 14.3 Å². The number of nitrogens with one attached hydrogen (secondary N) is 1. The molecule has 1 heterocycles. The van der Waals surface area contributed by atoms with Gasteiger partial charge in [0.15, 0.2) is 0 Å². The summed E-state index contributed by atoms with van der Waals surface area (Å²) in [6.45, 7) is 0. The van der Waals surface area contributed by atoms with Crippen molar-refractivity contribution in [3.05, 3.63) is 40.2 Å². The number of nitrogens with zero attached hydrogens (tertiary/aromatic N) is 1. The summed E-state index contributed by atoms with van der Waals surface area (Å²) < 4.78 is 14.0. The SMILES string of the molecule is O=C(O)c1cn[nH]c1-c1cccc(Br)c1F. The minimum absolute atomic E-state index is 0.0583. The molecule has 1 aromatic carbocycles. The summed E-state index contributed by atoms with van der Waals surface area (Å²) in [6.07, 6.45) is 1.15. The quantitative estimate of drug-likeness (QED) is 0.891. The first kappa shape index (κ1) is 10.8. The van der Waals surface area contributed by atoms with Crippen LogP contribution in [0.5, 0.6) is 0 Å². The molecule has 0 saturated heterocycles. The first-order chi connectivity index (χ1) is 7.61. The average molecular weight is 285 g/mol. The standard InChI is InChI=1S/C10H6BrFN2O2/c11-7-3-1-2-5(8(7)12)9-6(10(15)16)4-13-14-9/h1-4H,(H,13,14)(H,15,16). The van der Waals surface area contributed by atoms with Gasteiger partial charge in [0.25, 0.3) is 0 Å². The second kappa shape index (κ2) is 4.05. The van der Waals surface area contributed by atoms with Crippen LogP contribution >= 0.6 is 15.9 Å². The molecule has 1 aromatic heterocycles. The van der Waals surface area contributed by atoms with Gasteiger partial charge in [-0.3, -0.25) is 5.10 Å². The predicted octanol–water partition coefficient (Wildman–Crippen LogP) is 2.68. The summed E-state index contributed by atoms with van der Waals surface area (Å²) in [5, 5.41) is 15.0. The number of carboxylic acids is 1. The molecule has 0 atom stereocenters. The maximum Gasteiger partial charge on any atom is 0.339 e.